The van der Waals surface area contributed by atoms with Gasteiger partial charge >= 0.3 is 0 Å². The summed E-state index contributed by atoms with van der Waals surface area (Å²) in [5, 5.41) is 0. The maximum absolute atomic E-state index is 12.8. The molecule has 0 N–H and O–H groups in total. The van der Waals surface area contributed by atoms with Crippen molar-refractivity contribution in [2.24, 2.45) is 0 Å². The van der Waals surface area contributed by atoms with Gasteiger partial charge in [-0.05, 0) is 49.7 Å². The number of carbonyl (C=O) groups excluding carboxylic acids is 1. The van der Waals surface area contributed by atoms with Crippen molar-refractivity contribution in [3.63, 3.8) is 0 Å². The molecule has 110 valence electrons. The Morgan fingerprint density at radius 2 is 1.67 bits per heavy atom. The highest BCUT2D eigenvalue weighted by Crippen LogP contribution is 2.16. The molecule has 0 amide bonds. The van der Waals surface area contributed by atoms with Crippen molar-refractivity contribution in [1.82, 2.24) is 0 Å². The van der Waals surface area contributed by atoms with Crippen molar-refractivity contribution in [2.45, 2.75) is 18.7 Å². The average molecular weight is 306 g/mol. The van der Waals surface area contributed by atoms with E-state index in [1.807, 2.05) is 13.0 Å². The molecule has 21 heavy (non-hydrogen) atoms. The predicted molar refractivity (Wildman–Crippen MR) is 78.7 cm³/mol. The normalized spacial score (nSPS) is 11.4. The molecule has 2 aromatic rings. The van der Waals surface area contributed by atoms with Crippen molar-refractivity contribution < 1.29 is 17.6 Å². The third kappa shape index (κ3) is 3.55. The van der Waals surface area contributed by atoms with E-state index in [-0.39, 0.29) is 4.90 Å². The molecule has 2 aromatic carbocycles. The van der Waals surface area contributed by atoms with Gasteiger partial charge in [0, 0.05) is 5.56 Å². The molecular weight excluding hydrogens is 291 g/mol. The van der Waals surface area contributed by atoms with E-state index in [1.165, 1.54) is 12.1 Å². The Kier molecular flexibility index (Phi) is 4.23. The molecular formula is C16H15FO3S. The number of hydrogen-bond acceptors (Lipinski definition) is 3. The molecule has 0 atom stereocenters. The molecule has 0 saturated carbocycles. The van der Waals surface area contributed by atoms with Crippen LogP contribution < -0.4 is 0 Å². The zero-order chi connectivity index (χ0) is 15.6. The zero-order valence-corrected chi connectivity index (χ0v) is 12.6. The molecule has 0 bridgehead atoms. The van der Waals surface area contributed by atoms with Crippen molar-refractivity contribution >= 4 is 15.6 Å². The highest BCUT2D eigenvalue weighted by Gasteiger charge is 2.21. The number of sulfone groups is 1. The molecule has 2 rings (SSSR count). The second-order valence-electron chi connectivity index (χ2n) is 4.95. The van der Waals surface area contributed by atoms with Crippen LogP contribution in [0.3, 0.4) is 0 Å². The Bertz CT molecular complexity index is 778. The molecule has 0 heterocycles. The number of benzene rings is 2. The summed E-state index contributed by atoms with van der Waals surface area (Å²) in [6, 6.07) is 9.79. The fourth-order valence-electron chi connectivity index (χ4n) is 2.01. The summed E-state index contributed by atoms with van der Waals surface area (Å²) in [6.07, 6.45) is 0. The standard InChI is InChI=1S/C16H15FO3S/c1-11-3-4-12(2)15(9-11)16(18)10-21(19,20)14-7-5-13(17)6-8-14/h3-9H,10H2,1-2H3. The first-order chi connectivity index (χ1) is 9.79. The molecule has 0 fully saturated rings. The van der Waals surface area contributed by atoms with E-state index in [0.717, 1.165) is 23.3 Å². The maximum Gasteiger partial charge on any atom is 0.185 e. The number of carbonyl (C=O) groups is 1. The van der Waals surface area contributed by atoms with Crippen LogP contribution in [0.25, 0.3) is 0 Å². The molecule has 3 nitrogen and oxygen atoms in total. The first kappa shape index (κ1) is 15.4. The molecule has 0 saturated heterocycles. The number of halogens is 1. The smallest absolute Gasteiger partial charge is 0.185 e. The fraction of sp³-hybridized carbons (Fsp3) is 0.188. The van der Waals surface area contributed by atoms with Gasteiger partial charge in [-0.1, -0.05) is 17.7 Å². The predicted octanol–water partition coefficient (Wildman–Crippen LogP) is 3.10. The minimum absolute atomic E-state index is 0.0532. The van der Waals surface area contributed by atoms with Gasteiger partial charge in [-0.25, -0.2) is 12.8 Å². The van der Waals surface area contributed by atoms with E-state index >= 15 is 0 Å². The summed E-state index contributed by atoms with van der Waals surface area (Å²) < 4.78 is 37.2. The quantitative estimate of drug-likeness (QED) is 0.644. The van der Waals surface area contributed by atoms with Crippen molar-refractivity contribution in [2.75, 3.05) is 5.75 Å². The van der Waals surface area contributed by atoms with Crippen LogP contribution in [0.15, 0.2) is 47.4 Å². The SMILES string of the molecule is Cc1ccc(C)c(C(=O)CS(=O)(=O)c2ccc(F)cc2)c1. The minimum Gasteiger partial charge on any atom is -0.293 e. The molecule has 0 aromatic heterocycles. The lowest BCUT2D eigenvalue weighted by Crippen LogP contribution is -2.17. The summed E-state index contributed by atoms with van der Waals surface area (Å²) in [5.41, 5.74) is 2.03. The van der Waals surface area contributed by atoms with Crippen LogP contribution in [-0.2, 0) is 9.84 Å². The van der Waals surface area contributed by atoms with Crippen molar-refractivity contribution in [3.05, 3.63) is 65.0 Å². The van der Waals surface area contributed by atoms with E-state index < -0.39 is 27.2 Å². The van der Waals surface area contributed by atoms with E-state index in [0.29, 0.717) is 5.56 Å². The third-order valence-electron chi connectivity index (χ3n) is 3.19. The number of aryl methyl sites for hydroxylation is 2. The van der Waals surface area contributed by atoms with E-state index in [1.54, 1.807) is 19.1 Å². The van der Waals surface area contributed by atoms with Gasteiger partial charge in [-0.3, -0.25) is 4.79 Å². The lowest BCUT2D eigenvalue weighted by Gasteiger charge is -2.07. The van der Waals surface area contributed by atoms with E-state index in [4.69, 9.17) is 0 Å². The highest BCUT2D eigenvalue weighted by atomic mass is 32.2. The van der Waals surface area contributed by atoms with Gasteiger partial charge in [0.2, 0.25) is 0 Å². The van der Waals surface area contributed by atoms with Crippen LogP contribution in [0.5, 0.6) is 0 Å². The molecule has 0 unspecified atom stereocenters. The van der Waals surface area contributed by atoms with Crippen LogP contribution in [0.4, 0.5) is 4.39 Å². The summed E-state index contributed by atoms with van der Waals surface area (Å²) in [6.45, 7) is 3.60. The lowest BCUT2D eigenvalue weighted by molar-refractivity contribution is 0.102. The summed E-state index contributed by atoms with van der Waals surface area (Å²) in [5.74, 6) is -1.60. The second-order valence-corrected chi connectivity index (χ2v) is 6.94. The summed E-state index contributed by atoms with van der Waals surface area (Å²) in [7, 11) is -3.77. The van der Waals surface area contributed by atoms with Gasteiger partial charge in [-0.2, -0.15) is 0 Å². The minimum atomic E-state index is -3.77. The Balaban J connectivity index is 2.30. The molecule has 0 radical (unpaired) electrons. The maximum atomic E-state index is 12.8. The largest absolute Gasteiger partial charge is 0.293 e. The van der Waals surface area contributed by atoms with Crippen molar-refractivity contribution in [3.8, 4) is 0 Å². The number of Topliss-reactive ketones (excluding diaryl/α,β-unsaturated/α-hetero) is 1. The summed E-state index contributed by atoms with van der Waals surface area (Å²) in [4.78, 5) is 12.2. The first-order valence-corrected chi connectivity index (χ1v) is 8.03. The third-order valence-corrected chi connectivity index (χ3v) is 4.82. The molecule has 0 spiro atoms. The number of ketones is 1. The Morgan fingerprint density at radius 3 is 2.29 bits per heavy atom. The van der Waals surface area contributed by atoms with Gasteiger partial charge in [0.1, 0.15) is 11.6 Å². The average Bonchev–Trinajstić information content (AvgIpc) is 2.41. The van der Waals surface area contributed by atoms with Crippen molar-refractivity contribution in [1.29, 1.82) is 0 Å². The summed E-state index contributed by atoms with van der Waals surface area (Å²) >= 11 is 0. The highest BCUT2D eigenvalue weighted by molar-refractivity contribution is 7.92. The molecule has 0 aliphatic heterocycles. The van der Waals surface area contributed by atoms with Crippen LogP contribution >= 0.6 is 0 Å². The Morgan fingerprint density at radius 1 is 1.05 bits per heavy atom. The van der Waals surface area contributed by atoms with Gasteiger partial charge in [0.15, 0.2) is 15.6 Å². The van der Waals surface area contributed by atoms with Crippen LogP contribution in [0.1, 0.15) is 21.5 Å². The molecule has 0 aliphatic carbocycles. The van der Waals surface area contributed by atoms with Gasteiger partial charge in [-0.15, -0.1) is 0 Å². The van der Waals surface area contributed by atoms with Gasteiger partial charge in [0.25, 0.3) is 0 Å². The Labute approximate surface area is 123 Å². The topological polar surface area (TPSA) is 51.2 Å². The van der Waals surface area contributed by atoms with E-state index in [9.17, 15) is 17.6 Å². The van der Waals surface area contributed by atoms with Gasteiger partial charge < -0.3 is 0 Å². The van der Waals surface area contributed by atoms with Crippen LogP contribution in [0.2, 0.25) is 0 Å². The fourth-order valence-corrected chi connectivity index (χ4v) is 3.23. The van der Waals surface area contributed by atoms with Crippen LogP contribution in [-0.4, -0.2) is 20.0 Å². The number of rotatable bonds is 4. The Hall–Kier alpha value is -2.01. The molecule has 5 heteroatoms. The lowest BCUT2D eigenvalue weighted by atomic mass is 10.0. The van der Waals surface area contributed by atoms with Crippen LogP contribution in [0, 0.1) is 19.7 Å². The number of hydrogen-bond donors (Lipinski definition) is 0. The second kappa shape index (κ2) is 5.77. The zero-order valence-electron chi connectivity index (χ0n) is 11.8. The molecule has 0 aliphatic rings. The van der Waals surface area contributed by atoms with Gasteiger partial charge in [0.05, 0.1) is 4.90 Å². The van der Waals surface area contributed by atoms with E-state index in [2.05, 4.69) is 0 Å². The monoisotopic (exact) mass is 306 g/mol. The first-order valence-electron chi connectivity index (χ1n) is 6.38.